The maximum absolute atomic E-state index is 13.0. The lowest BCUT2D eigenvalue weighted by atomic mass is 10.1. The molecular formula is C18H22ClN3O5. The molecule has 1 aromatic carbocycles. The normalized spacial score (nSPS) is 13.5. The Labute approximate surface area is 163 Å². The summed E-state index contributed by atoms with van der Waals surface area (Å²) in [5, 5.41) is 5.93. The topological polar surface area (TPSA) is 93.0 Å². The summed E-state index contributed by atoms with van der Waals surface area (Å²) >= 11 is 0. The van der Waals surface area contributed by atoms with Gasteiger partial charge in [0.1, 0.15) is 0 Å². The van der Waals surface area contributed by atoms with Crippen LogP contribution < -0.4 is 20.1 Å². The Hall–Kier alpha value is -2.71. The number of hydrogen-bond acceptors (Lipinski definition) is 6. The van der Waals surface area contributed by atoms with Crippen molar-refractivity contribution < 1.29 is 23.5 Å². The number of carbonyl (C=O) groups excluding carboxylic acids is 2. The Morgan fingerprint density at radius 3 is 2.41 bits per heavy atom. The van der Waals surface area contributed by atoms with Crippen LogP contribution in [-0.2, 0) is 0 Å². The molecule has 1 saturated heterocycles. The number of halogens is 1. The van der Waals surface area contributed by atoms with Crippen LogP contribution in [0.4, 0.5) is 5.69 Å². The van der Waals surface area contributed by atoms with Crippen molar-refractivity contribution in [3.63, 3.8) is 0 Å². The summed E-state index contributed by atoms with van der Waals surface area (Å²) in [5.74, 6) is 0.361. The molecule has 2 heterocycles. The van der Waals surface area contributed by atoms with Gasteiger partial charge >= 0.3 is 0 Å². The lowest BCUT2D eigenvalue weighted by Gasteiger charge is -2.28. The predicted octanol–water partition coefficient (Wildman–Crippen LogP) is 2.02. The fourth-order valence-corrected chi connectivity index (χ4v) is 2.79. The third kappa shape index (κ3) is 4.53. The monoisotopic (exact) mass is 395 g/mol. The summed E-state index contributed by atoms with van der Waals surface area (Å²) in [5.41, 5.74) is 0.678. The van der Waals surface area contributed by atoms with Gasteiger partial charge in [0.2, 0.25) is 0 Å². The molecule has 27 heavy (non-hydrogen) atoms. The molecule has 1 aliphatic heterocycles. The van der Waals surface area contributed by atoms with E-state index in [-0.39, 0.29) is 24.1 Å². The zero-order chi connectivity index (χ0) is 18.5. The van der Waals surface area contributed by atoms with Gasteiger partial charge in [0, 0.05) is 32.2 Å². The van der Waals surface area contributed by atoms with Gasteiger partial charge in [-0.1, -0.05) is 0 Å². The number of nitrogens with one attached hydrogen (secondary N) is 2. The van der Waals surface area contributed by atoms with Crippen LogP contribution in [0.2, 0.25) is 0 Å². The molecule has 9 heteroatoms. The van der Waals surface area contributed by atoms with Crippen LogP contribution in [0.25, 0.3) is 0 Å². The molecule has 1 fully saturated rings. The van der Waals surface area contributed by atoms with Crippen LogP contribution in [0.3, 0.4) is 0 Å². The highest BCUT2D eigenvalue weighted by molar-refractivity contribution is 6.08. The highest BCUT2D eigenvalue weighted by atomic mass is 35.5. The van der Waals surface area contributed by atoms with E-state index in [1.165, 1.54) is 20.5 Å². The number of benzene rings is 1. The standard InChI is InChI=1S/C18H21N3O5.ClH/c1-24-15-10-12(18(23)21-7-5-19-6-8-21)13(11-16(15)25-2)20-17(22)14-4-3-9-26-14;/h3-4,9-11,19H,5-8H2,1-2H3,(H,20,22);1H. The second-order valence-corrected chi connectivity index (χ2v) is 5.73. The lowest BCUT2D eigenvalue weighted by Crippen LogP contribution is -2.46. The van der Waals surface area contributed by atoms with E-state index < -0.39 is 5.91 Å². The molecule has 2 N–H and O–H groups in total. The number of methoxy groups -OCH3 is 2. The average molecular weight is 396 g/mol. The Balaban J connectivity index is 0.00000261. The Bertz CT molecular complexity index is 789. The molecule has 8 nitrogen and oxygen atoms in total. The number of hydrogen-bond donors (Lipinski definition) is 2. The molecule has 2 amide bonds. The van der Waals surface area contributed by atoms with Crippen LogP contribution in [0, 0.1) is 0 Å². The lowest BCUT2D eigenvalue weighted by molar-refractivity contribution is 0.0736. The number of anilines is 1. The summed E-state index contributed by atoms with van der Waals surface area (Å²) in [6.07, 6.45) is 1.41. The molecule has 1 aromatic heterocycles. The van der Waals surface area contributed by atoms with Crippen molar-refractivity contribution in [3.05, 3.63) is 41.9 Å². The molecule has 2 aromatic rings. The fraction of sp³-hybridized carbons (Fsp3) is 0.333. The van der Waals surface area contributed by atoms with Gasteiger partial charge in [-0.15, -0.1) is 12.4 Å². The van der Waals surface area contributed by atoms with Crippen LogP contribution in [0.1, 0.15) is 20.9 Å². The van der Waals surface area contributed by atoms with Gasteiger partial charge in [0.25, 0.3) is 11.8 Å². The first-order chi connectivity index (χ1) is 12.6. The smallest absolute Gasteiger partial charge is 0.291 e. The third-order valence-electron chi connectivity index (χ3n) is 4.15. The first-order valence-corrected chi connectivity index (χ1v) is 8.25. The molecule has 0 spiro atoms. The van der Waals surface area contributed by atoms with Gasteiger partial charge in [0.15, 0.2) is 17.3 Å². The Kier molecular flexibility index (Phi) is 7.09. The molecule has 0 saturated carbocycles. The second kappa shape index (κ2) is 9.29. The molecule has 3 rings (SSSR count). The minimum absolute atomic E-state index is 0. The van der Waals surface area contributed by atoms with Gasteiger partial charge in [-0.2, -0.15) is 0 Å². The van der Waals surface area contributed by atoms with Crippen molar-refractivity contribution in [2.45, 2.75) is 0 Å². The Morgan fingerprint density at radius 1 is 1.15 bits per heavy atom. The maximum Gasteiger partial charge on any atom is 0.291 e. The van der Waals surface area contributed by atoms with Crippen LogP contribution in [0.5, 0.6) is 11.5 Å². The van der Waals surface area contributed by atoms with Crippen LogP contribution >= 0.6 is 12.4 Å². The van der Waals surface area contributed by atoms with Crippen LogP contribution in [0.15, 0.2) is 34.9 Å². The number of carbonyl (C=O) groups is 2. The fourth-order valence-electron chi connectivity index (χ4n) is 2.79. The average Bonchev–Trinajstić information content (AvgIpc) is 3.22. The first kappa shape index (κ1) is 20.6. The van der Waals surface area contributed by atoms with Gasteiger partial charge in [-0.3, -0.25) is 9.59 Å². The second-order valence-electron chi connectivity index (χ2n) is 5.73. The Morgan fingerprint density at radius 2 is 1.81 bits per heavy atom. The van der Waals surface area contributed by atoms with Crippen molar-refractivity contribution in [1.82, 2.24) is 10.2 Å². The largest absolute Gasteiger partial charge is 0.493 e. The summed E-state index contributed by atoms with van der Waals surface area (Å²) in [4.78, 5) is 27.1. The third-order valence-corrected chi connectivity index (χ3v) is 4.15. The van der Waals surface area contributed by atoms with Gasteiger partial charge < -0.3 is 29.4 Å². The number of furan rings is 1. The van der Waals surface area contributed by atoms with Crippen molar-refractivity contribution in [1.29, 1.82) is 0 Å². The summed E-state index contributed by atoms with van der Waals surface area (Å²) in [6, 6.07) is 6.33. The van der Waals surface area contributed by atoms with Crippen molar-refractivity contribution in [2.75, 3.05) is 45.7 Å². The van der Waals surface area contributed by atoms with Crippen molar-refractivity contribution >= 4 is 29.9 Å². The van der Waals surface area contributed by atoms with E-state index in [2.05, 4.69) is 10.6 Å². The minimum atomic E-state index is -0.448. The zero-order valence-corrected chi connectivity index (χ0v) is 15.9. The van der Waals surface area contributed by atoms with E-state index in [0.29, 0.717) is 35.8 Å². The number of ether oxygens (including phenoxy) is 2. The molecule has 1 aliphatic rings. The number of rotatable bonds is 5. The van der Waals surface area contributed by atoms with E-state index in [0.717, 1.165) is 13.1 Å². The minimum Gasteiger partial charge on any atom is -0.493 e. The van der Waals surface area contributed by atoms with E-state index in [9.17, 15) is 9.59 Å². The maximum atomic E-state index is 13.0. The number of piperazine rings is 1. The van der Waals surface area contributed by atoms with Gasteiger partial charge in [-0.25, -0.2) is 0 Å². The van der Waals surface area contributed by atoms with E-state index in [1.54, 1.807) is 29.2 Å². The molecule has 0 radical (unpaired) electrons. The molecule has 0 unspecified atom stereocenters. The van der Waals surface area contributed by atoms with E-state index in [4.69, 9.17) is 13.9 Å². The van der Waals surface area contributed by atoms with Crippen LogP contribution in [-0.4, -0.2) is 57.1 Å². The van der Waals surface area contributed by atoms with Crippen molar-refractivity contribution in [3.8, 4) is 11.5 Å². The highest BCUT2D eigenvalue weighted by Gasteiger charge is 2.24. The molecule has 0 bridgehead atoms. The summed E-state index contributed by atoms with van der Waals surface area (Å²) in [7, 11) is 2.99. The quantitative estimate of drug-likeness (QED) is 0.804. The molecule has 0 aliphatic carbocycles. The number of nitrogens with zero attached hydrogens (tertiary/aromatic N) is 1. The first-order valence-electron chi connectivity index (χ1n) is 8.25. The zero-order valence-electron chi connectivity index (χ0n) is 15.1. The number of amides is 2. The van der Waals surface area contributed by atoms with Crippen molar-refractivity contribution in [2.24, 2.45) is 0 Å². The molecule has 0 atom stereocenters. The molecular weight excluding hydrogens is 374 g/mol. The highest BCUT2D eigenvalue weighted by Crippen LogP contribution is 2.34. The summed E-state index contributed by atoms with van der Waals surface area (Å²) in [6.45, 7) is 2.65. The predicted molar refractivity (Wildman–Crippen MR) is 102 cm³/mol. The SMILES string of the molecule is COc1cc(NC(=O)c2ccco2)c(C(=O)N2CCNCC2)cc1OC.Cl. The van der Waals surface area contributed by atoms with Gasteiger partial charge in [0.05, 0.1) is 31.7 Å². The van der Waals surface area contributed by atoms with E-state index >= 15 is 0 Å². The van der Waals surface area contributed by atoms with Gasteiger partial charge in [-0.05, 0) is 18.2 Å². The molecule has 146 valence electrons. The summed E-state index contributed by atoms with van der Waals surface area (Å²) < 4.78 is 15.7. The van der Waals surface area contributed by atoms with E-state index in [1.807, 2.05) is 0 Å².